The highest BCUT2D eigenvalue weighted by atomic mass is 127. The van der Waals surface area contributed by atoms with Crippen molar-refractivity contribution >= 4 is 56.1 Å². The van der Waals surface area contributed by atoms with Crippen LogP contribution in [-0.2, 0) is 0 Å². The number of hydrogen-bond donors (Lipinski definition) is 3. The van der Waals surface area contributed by atoms with Crippen LogP contribution in [0.2, 0.25) is 0 Å². The van der Waals surface area contributed by atoms with Crippen molar-refractivity contribution in [2.75, 3.05) is 5.32 Å². The van der Waals surface area contributed by atoms with Gasteiger partial charge in [0.1, 0.15) is 5.75 Å². The van der Waals surface area contributed by atoms with Crippen molar-refractivity contribution in [2.45, 2.75) is 0 Å². The third-order valence-corrected chi connectivity index (χ3v) is 4.27. The number of halogens is 2. The zero-order chi connectivity index (χ0) is 15.6. The van der Waals surface area contributed by atoms with E-state index in [0.29, 0.717) is 13.7 Å². The Morgan fingerprint density at radius 1 is 1.10 bits per heavy atom. The van der Waals surface area contributed by atoms with Crippen molar-refractivity contribution in [1.82, 2.24) is 0 Å². The minimum absolute atomic E-state index is 0.0154. The topological polar surface area (TPSA) is 86.6 Å². The molecule has 2 rings (SSSR count). The smallest absolute Gasteiger partial charge is 0.335 e. The first-order valence-corrected chi connectivity index (χ1v) is 7.58. The highest BCUT2D eigenvalue weighted by Crippen LogP contribution is 2.25. The van der Waals surface area contributed by atoms with Crippen LogP contribution in [0.1, 0.15) is 20.7 Å². The van der Waals surface area contributed by atoms with Gasteiger partial charge in [0, 0.05) is 10.0 Å². The number of anilines is 1. The van der Waals surface area contributed by atoms with Crippen molar-refractivity contribution in [3.8, 4) is 5.75 Å². The van der Waals surface area contributed by atoms with E-state index >= 15 is 0 Å². The fourth-order valence-electron chi connectivity index (χ4n) is 1.60. The van der Waals surface area contributed by atoms with Gasteiger partial charge in [0.05, 0.1) is 14.8 Å². The molecule has 108 valence electrons. The number of nitrogens with one attached hydrogen (secondary N) is 1. The monoisotopic (exact) mass is 461 g/mol. The van der Waals surface area contributed by atoms with Crippen LogP contribution in [0.5, 0.6) is 5.75 Å². The molecule has 3 N–H and O–H groups in total. The molecular formula is C14H9BrINO4. The van der Waals surface area contributed by atoms with Crippen molar-refractivity contribution < 1.29 is 19.8 Å². The van der Waals surface area contributed by atoms with Gasteiger partial charge in [-0.1, -0.05) is 0 Å². The Morgan fingerprint density at radius 3 is 2.38 bits per heavy atom. The van der Waals surface area contributed by atoms with Crippen LogP contribution in [0, 0.1) is 3.57 Å². The highest BCUT2D eigenvalue weighted by molar-refractivity contribution is 14.1. The number of aromatic carboxylic acids is 1. The van der Waals surface area contributed by atoms with Crippen LogP contribution in [0.25, 0.3) is 0 Å². The van der Waals surface area contributed by atoms with Crippen LogP contribution in [0.3, 0.4) is 0 Å². The fraction of sp³-hybridized carbons (Fsp3) is 0. The summed E-state index contributed by atoms with van der Waals surface area (Å²) < 4.78 is 1.20. The Bertz CT molecular complexity index is 733. The SMILES string of the molecule is O=C(O)c1ccc(Br)c(NC(=O)c2ccc(I)c(O)c2)c1. The number of rotatable bonds is 3. The van der Waals surface area contributed by atoms with Crippen LogP contribution < -0.4 is 5.32 Å². The summed E-state index contributed by atoms with van der Waals surface area (Å²) in [4.78, 5) is 23.1. The number of benzene rings is 2. The molecule has 0 unspecified atom stereocenters. The van der Waals surface area contributed by atoms with Crippen molar-refractivity contribution in [3.63, 3.8) is 0 Å². The molecule has 0 bridgehead atoms. The molecule has 2 aromatic rings. The zero-order valence-corrected chi connectivity index (χ0v) is 14.2. The van der Waals surface area contributed by atoms with Crippen LogP contribution >= 0.6 is 38.5 Å². The average molecular weight is 462 g/mol. The van der Waals surface area contributed by atoms with Gasteiger partial charge in [0.2, 0.25) is 0 Å². The maximum Gasteiger partial charge on any atom is 0.335 e. The second kappa shape index (κ2) is 6.44. The van der Waals surface area contributed by atoms with Crippen molar-refractivity contribution in [3.05, 3.63) is 55.6 Å². The second-order valence-electron chi connectivity index (χ2n) is 4.12. The van der Waals surface area contributed by atoms with Gasteiger partial charge in [-0.15, -0.1) is 0 Å². The van der Waals surface area contributed by atoms with Gasteiger partial charge in [-0.3, -0.25) is 4.79 Å². The number of aromatic hydroxyl groups is 1. The molecular weight excluding hydrogens is 453 g/mol. The second-order valence-corrected chi connectivity index (χ2v) is 6.14. The summed E-state index contributed by atoms with van der Waals surface area (Å²) in [6, 6.07) is 8.88. The Hall–Kier alpha value is -1.61. The van der Waals surface area contributed by atoms with Crippen molar-refractivity contribution in [2.24, 2.45) is 0 Å². The minimum Gasteiger partial charge on any atom is -0.507 e. The summed E-state index contributed by atoms with van der Waals surface area (Å²) >= 11 is 5.20. The Labute approximate surface area is 142 Å². The summed E-state index contributed by atoms with van der Waals surface area (Å²) in [6.07, 6.45) is 0. The van der Waals surface area contributed by atoms with E-state index in [1.807, 2.05) is 22.6 Å². The number of hydrogen-bond acceptors (Lipinski definition) is 3. The maximum absolute atomic E-state index is 12.1. The minimum atomic E-state index is -1.08. The molecule has 0 saturated heterocycles. The standard InChI is InChI=1S/C14H9BrINO4/c15-9-3-1-8(14(20)21)5-11(9)17-13(19)7-2-4-10(16)12(18)6-7/h1-6,18H,(H,17,19)(H,20,21). The molecule has 0 saturated carbocycles. The molecule has 21 heavy (non-hydrogen) atoms. The summed E-state index contributed by atoms with van der Waals surface area (Å²) in [5, 5.41) is 21.2. The molecule has 0 radical (unpaired) electrons. The summed E-state index contributed by atoms with van der Waals surface area (Å²) in [6.45, 7) is 0. The van der Waals surface area contributed by atoms with Gasteiger partial charge in [-0.25, -0.2) is 4.79 Å². The largest absolute Gasteiger partial charge is 0.507 e. The molecule has 0 heterocycles. The third kappa shape index (κ3) is 3.73. The van der Waals surface area contributed by atoms with Gasteiger partial charge in [0.25, 0.3) is 5.91 Å². The summed E-state index contributed by atoms with van der Waals surface area (Å²) in [5.41, 5.74) is 0.692. The lowest BCUT2D eigenvalue weighted by molar-refractivity contribution is 0.0696. The molecule has 5 nitrogen and oxygen atoms in total. The molecule has 0 aromatic heterocycles. The van der Waals surface area contributed by atoms with Gasteiger partial charge in [-0.2, -0.15) is 0 Å². The Kier molecular flexibility index (Phi) is 4.84. The first-order valence-electron chi connectivity index (χ1n) is 5.71. The number of carbonyl (C=O) groups is 2. The number of carboxylic acid groups (broad SMARTS) is 1. The van der Waals surface area contributed by atoms with Gasteiger partial charge in [-0.05, 0) is 74.9 Å². The molecule has 2 aromatic carbocycles. The molecule has 0 aliphatic heterocycles. The van der Waals surface area contributed by atoms with E-state index in [0.717, 1.165) is 0 Å². The average Bonchev–Trinajstić information content (AvgIpc) is 2.43. The molecule has 0 fully saturated rings. The number of phenols is 1. The number of carboxylic acids is 1. The number of carbonyl (C=O) groups excluding carboxylic acids is 1. The van der Waals surface area contributed by atoms with Crippen molar-refractivity contribution in [1.29, 1.82) is 0 Å². The normalized spacial score (nSPS) is 10.2. The summed E-state index contributed by atoms with van der Waals surface area (Å²) in [5.74, 6) is -1.50. The first-order chi connectivity index (χ1) is 9.88. The molecule has 1 amide bonds. The van der Waals surface area contributed by atoms with E-state index in [1.54, 1.807) is 18.2 Å². The Balaban J connectivity index is 2.28. The van der Waals surface area contributed by atoms with Gasteiger partial charge < -0.3 is 15.5 Å². The lowest BCUT2D eigenvalue weighted by atomic mass is 10.1. The fourth-order valence-corrected chi connectivity index (χ4v) is 2.28. The highest BCUT2D eigenvalue weighted by Gasteiger charge is 2.12. The lowest BCUT2D eigenvalue weighted by Gasteiger charge is -2.09. The van der Waals surface area contributed by atoms with Gasteiger partial charge in [0.15, 0.2) is 0 Å². The Morgan fingerprint density at radius 2 is 1.76 bits per heavy atom. The molecule has 0 aliphatic rings. The molecule has 0 spiro atoms. The first kappa shape index (κ1) is 15.8. The third-order valence-electron chi connectivity index (χ3n) is 2.67. The molecule has 0 aliphatic carbocycles. The zero-order valence-electron chi connectivity index (χ0n) is 10.4. The maximum atomic E-state index is 12.1. The predicted octanol–water partition coefficient (Wildman–Crippen LogP) is 3.71. The summed E-state index contributed by atoms with van der Waals surface area (Å²) in [7, 11) is 0. The number of amides is 1. The van der Waals surface area contributed by atoms with E-state index in [-0.39, 0.29) is 16.9 Å². The van der Waals surface area contributed by atoms with E-state index < -0.39 is 11.9 Å². The predicted molar refractivity (Wildman–Crippen MR) is 89.9 cm³/mol. The molecule has 0 atom stereocenters. The van der Waals surface area contributed by atoms with Crippen LogP contribution in [0.15, 0.2) is 40.9 Å². The number of phenolic OH excluding ortho intramolecular Hbond substituents is 1. The van der Waals surface area contributed by atoms with E-state index in [1.165, 1.54) is 18.2 Å². The van der Waals surface area contributed by atoms with E-state index in [9.17, 15) is 14.7 Å². The molecule has 7 heteroatoms. The van der Waals surface area contributed by atoms with E-state index in [2.05, 4.69) is 21.2 Å². The van der Waals surface area contributed by atoms with Crippen LogP contribution in [-0.4, -0.2) is 22.1 Å². The van der Waals surface area contributed by atoms with Gasteiger partial charge >= 0.3 is 5.97 Å². The van der Waals surface area contributed by atoms with Crippen LogP contribution in [0.4, 0.5) is 5.69 Å². The van der Waals surface area contributed by atoms with E-state index in [4.69, 9.17) is 5.11 Å². The quantitative estimate of drug-likeness (QED) is 0.608. The lowest BCUT2D eigenvalue weighted by Crippen LogP contribution is -2.13.